The highest BCUT2D eigenvalue weighted by atomic mass is 35.5. The highest BCUT2D eigenvalue weighted by Gasteiger charge is 2.14. The van der Waals surface area contributed by atoms with Gasteiger partial charge in [0.05, 0.1) is 31.7 Å². The molecule has 0 unspecified atom stereocenters. The zero-order valence-corrected chi connectivity index (χ0v) is 17.3. The molecule has 1 heterocycles. The summed E-state index contributed by atoms with van der Waals surface area (Å²) in [7, 11) is 4.63. The van der Waals surface area contributed by atoms with Crippen molar-refractivity contribution < 1.29 is 18.6 Å². The summed E-state index contributed by atoms with van der Waals surface area (Å²) in [5.41, 5.74) is 1.34. The Kier molecular flexibility index (Phi) is 5.87. The maximum Gasteiger partial charge on any atom is 0.203 e. The standard InChI is InChI=1S/C21H18Cl2O5/c1-11-16(28-20-14(19(11)24)9-13(22)10-15(20)23)6-5-12-7-17(25-2)21(27-4)18(8-12)26-3/h5-10H,1-4H3/b6-5+. The molecular formula is C21H18Cl2O5. The molecule has 0 atom stereocenters. The van der Waals surface area contributed by atoms with E-state index in [1.807, 2.05) is 0 Å². The molecule has 0 radical (unpaired) electrons. The second-order valence-corrected chi connectivity index (χ2v) is 6.82. The Balaban J connectivity index is 2.11. The van der Waals surface area contributed by atoms with Crippen LogP contribution in [-0.2, 0) is 0 Å². The van der Waals surface area contributed by atoms with Crippen LogP contribution >= 0.6 is 23.2 Å². The normalized spacial score (nSPS) is 11.2. The van der Waals surface area contributed by atoms with Crippen molar-refractivity contribution in [3.8, 4) is 17.2 Å². The molecule has 0 aliphatic heterocycles. The minimum Gasteiger partial charge on any atom is -0.493 e. The van der Waals surface area contributed by atoms with E-state index in [1.165, 1.54) is 6.07 Å². The monoisotopic (exact) mass is 420 g/mol. The molecule has 0 aliphatic carbocycles. The fraction of sp³-hybridized carbons (Fsp3) is 0.190. The van der Waals surface area contributed by atoms with Crippen LogP contribution in [0.25, 0.3) is 23.1 Å². The van der Waals surface area contributed by atoms with Crippen LogP contribution < -0.4 is 19.6 Å². The summed E-state index contributed by atoms with van der Waals surface area (Å²) in [4.78, 5) is 12.7. The predicted molar refractivity (Wildman–Crippen MR) is 112 cm³/mol. The number of benzene rings is 2. The van der Waals surface area contributed by atoms with Crippen LogP contribution in [0.3, 0.4) is 0 Å². The first-order chi connectivity index (χ1) is 13.4. The van der Waals surface area contributed by atoms with E-state index in [-0.39, 0.29) is 10.5 Å². The molecule has 3 aromatic rings. The van der Waals surface area contributed by atoms with Gasteiger partial charge in [-0.2, -0.15) is 0 Å². The molecule has 2 aromatic carbocycles. The van der Waals surface area contributed by atoms with Crippen molar-refractivity contribution in [3.63, 3.8) is 0 Å². The Hall–Kier alpha value is -2.63. The molecule has 0 amide bonds. The zero-order chi connectivity index (χ0) is 20.4. The molecule has 146 valence electrons. The largest absolute Gasteiger partial charge is 0.493 e. The van der Waals surface area contributed by atoms with Crippen molar-refractivity contribution in [1.82, 2.24) is 0 Å². The number of hydrogen-bond acceptors (Lipinski definition) is 5. The van der Waals surface area contributed by atoms with Crippen molar-refractivity contribution in [2.75, 3.05) is 21.3 Å². The van der Waals surface area contributed by atoms with E-state index in [0.717, 1.165) is 5.56 Å². The average molecular weight is 421 g/mol. The highest BCUT2D eigenvalue weighted by Crippen LogP contribution is 2.38. The molecule has 0 aliphatic rings. The topological polar surface area (TPSA) is 57.9 Å². The first kappa shape index (κ1) is 20.1. The van der Waals surface area contributed by atoms with Crippen LogP contribution in [0, 0.1) is 6.92 Å². The summed E-state index contributed by atoms with van der Waals surface area (Å²) < 4.78 is 21.9. The van der Waals surface area contributed by atoms with E-state index in [0.29, 0.717) is 44.6 Å². The summed E-state index contributed by atoms with van der Waals surface area (Å²) in [6.45, 7) is 1.69. The minimum atomic E-state index is -0.185. The van der Waals surface area contributed by atoms with Gasteiger partial charge in [0.25, 0.3) is 0 Å². The molecule has 0 saturated heterocycles. The van der Waals surface area contributed by atoms with Crippen LogP contribution in [0.4, 0.5) is 0 Å². The van der Waals surface area contributed by atoms with Gasteiger partial charge >= 0.3 is 0 Å². The molecule has 0 N–H and O–H groups in total. The Morgan fingerprint density at radius 1 is 0.929 bits per heavy atom. The van der Waals surface area contributed by atoms with Gasteiger partial charge in [-0.1, -0.05) is 29.3 Å². The lowest BCUT2D eigenvalue weighted by atomic mass is 10.1. The second-order valence-electron chi connectivity index (χ2n) is 5.98. The van der Waals surface area contributed by atoms with E-state index >= 15 is 0 Å². The van der Waals surface area contributed by atoms with Gasteiger partial charge in [0.1, 0.15) is 5.76 Å². The smallest absolute Gasteiger partial charge is 0.203 e. The Labute approximate surface area is 172 Å². The maximum absolute atomic E-state index is 12.7. The lowest BCUT2D eigenvalue weighted by Gasteiger charge is -2.12. The fourth-order valence-corrected chi connectivity index (χ4v) is 3.39. The van der Waals surface area contributed by atoms with Gasteiger partial charge in [-0.3, -0.25) is 4.79 Å². The second kappa shape index (κ2) is 8.17. The molecular weight excluding hydrogens is 403 g/mol. The number of rotatable bonds is 5. The van der Waals surface area contributed by atoms with E-state index in [1.54, 1.807) is 58.6 Å². The van der Waals surface area contributed by atoms with E-state index in [4.69, 9.17) is 41.8 Å². The maximum atomic E-state index is 12.7. The van der Waals surface area contributed by atoms with Crippen LogP contribution in [0.15, 0.2) is 33.5 Å². The van der Waals surface area contributed by atoms with Gasteiger partial charge < -0.3 is 18.6 Å². The van der Waals surface area contributed by atoms with Crippen molar-refractivity contribution in [3.05, 3.63) is 61.4 Å². The molecule has 28 heavy (non-hydrogen) atoms. The van der Waals surface area contributed by atoms with Crippen molar-refractivity contribution >= 4 is 46.3 Å². The van der Waals surface area contributed by atoms with Crippen molar-refractivity contribution in [1.29, 1.82) is 0 Å². The van der Waals surface area contributed by atoms with Crippen LogP contribution in [0.2, 0.25) is 10.0 Å². The van der Waals surface area contributed by atoms with Gasteiger partial charge in [0.2, 0.25) is 5.75 Å². The SMILES string of the molecule is COc1cc(/C=C/c2oc3c(Cl)cc(Cl)cc3c(=O)c2C)cc(OC)c1OC. The molecule has 7 heteroatoms. The molecule has 1 aromatic heterocycles. The Bertz CT molecular complexity index is 1110. The third-order valence-electron chi connectivity index (χ3n) is 4.29. The van der Waals surface area contributed by atoms with Crippen LogP contribution in [0.5, 0.6) is 17.2 Å². The van der Waals surface area contributed by atoms with E-state index in [9.17, 15) is 4.79 Å². The average Bonchev–Trinajstić information content (AvgIpc) is 2.69. The number of fused-ring (bicyclic) bond motifs is 1. The lowest BCUT2D eigenvalue weighted by molar-refractivity contribution is 0.324. The lowest BCUT2D eigenvalue weighted by Crippen LogP contribution is -2.07. The third kappa shape index (κ3) is 3.68. The quantitative estimate of drug-likeness (QED) is 0.537. The van der Waals surface area contributed by atoms with Gasteiger partial charge in [-0.15, -0.1) is 0 Å². The fourth-order valence-electron chi connectivity index (χ4n) is 2.86. The molecule has 0 bridgehead atoms. The highest BCUT2D eigenvalue weighted by molar-refractivity contribution is 6.38. The predicted octanol–water partition coefficient (Wildman–Crippen LogP) is 5.60. The van der Waals surface area contributed by atoms with E-state index < -0.39 is 0 Å². The Morgan fingerprint density at radius 2 is 1.57 bits per heavy atom. The first-order valence-corrected chi connectivity index (χ1v) is 9.05. The summed E-state index contributed by atoms with van der Waals surface area (Å²) in [6.07, 6.45) is 3.48. The molecule has 0 spiro atoms. The molecule has 0 fully saturated rings. The minimum absolute atomic E-state index is 0.185. The first-order valence-electron chi connectivity index (χ1n) is 8.30. The number of ether oxygens (including phenoxy) is 3. The number of halogens is 2. The van der Waals surface area contributed by atoms with Gasteiger partial charge in [0.15, 0.2) is 22.5 Å². The van der Waals surface area contributed by atoms with Crippen molar-refractivity contribution in [2.24, 2.45) is 0 Å². The molecule has 3 rings (SSSR count). The number of hydrogen-bond donors (Lipinski definition) is 0. The zero-order valence-electron chi connectivity index (χ0n) is 15.8. The summed E-state index contributed by atoms with van der Waals surface area (Å²) in [5.74, 6) is 1.95. The Morgan fingerprint density at radius 3 is 2.14 bits per heavy atom. The van der Waals surface area contributed by atoms with Gasteiger partial charge in [-0.25, -0.2) is 0 Å². The summed E-state index contributed by atoms with van der Waals surface area (Å²) >= 11 is 12.2. The summed E-state index contributed by atoms with van der Waals surface area (Å²) in [6, 6.07) is 6.67. The van der Waals surface area contributed by atoms with Crippen molar-refractivity contribution in [2.45, 2.75) is 6.92 Å². The summed E-state index contributed by atoms with van der Waals surface area (Å²) in [5, 5.41) is 1.01. The molecule has 5 nitrogen and oxygen atoms in total. The molecule has 0 saturated carbocycles. The van der Waals surface area contributed by atoms with Gasteiger partial charge in [0, 0.05) is 10.6 Å². The van der Waals surface area contributed by atoms with Gasteiger partial charge in [-0.05, 0) is 42.8 Å². The van der Waals surface area contributed by atoms with Crippen LogP contribution in [0.1, 0.15) is 16.9 Å². The number of methoxy groups -OCH3 is 3. The van der Waals surface area contributed by atoms with Crippen LogP contribution in [-0.4, -0.2) is 21.3 Å². The van der Waals surface area contributed by atoms with E-state index in [2.05, 4.69) is 0 Å². The third-order valence-corrected chi connectivity index (χ3v) is 4.79.